The number of hydrogen-bond donors (Lipinski definition) is 1. The standard InChI is InChI=1S/C19H15N3O4S2/c1-11-3-6-14(7-4-11)28-17-8-5-13(9-16(17)22(25)26)18(24)21-19-20-15(10-27-19)12(2)23/h3-10H,1-2H3,(H,20,21,24). The van der Waals surface area contributed by atoms with Crippen molar-refractivity contribution in [3.8, 4) is 0 Å². The van der Waals surface area contributed by atoms with E-state index in [0.717, 1.165) is 21.8 Å². The first-order chi connectivity index (χ1) is 13.3. The molecule has 2 aromatic carbocycles. The van der Waals surface area contributed by atoms with Gasteiger partial charge in [0, 0.05) is 28.8 Å². The molecule has 0 aliphatic heterocycles. The second-order valence-corrected chi connectivity index (χ2v) is 7.88. The monoisotopic (exact) mass is 413 g/mol. The summed E-state index contributed by atoms with van der Waals surface area (Å²) in [5.41, 5.74) is 1.35. The van der Waals surface area contributed by atoms with Crippen LogP contribution in [0.25, 0.3) is 0 Å². The third-order valence-electron chi connectivity index (χ3n) is 3.75. The van der Waals surface area contributed by atoms with Gasteiger partial charge in [-0.05, 0) is 31.2 Å². The van der Waals surface area contributed by atoms with Gasteiger partial charge in [-0.1, -0.05) is 29.5 Å². The van der Waals surface area contributed by atoms with Crippen LogP contribution < -0.4 is 5.32 Å². The maximum absolute atomic E-state index is 12.4. The van der Waals surface area contributed by atoms with Crippen LogP contribution in [0.5, 0.6) is 0 Å². The summed E-state index contributed by atoms with van der Waals surface area (Å²) in [4.78, 5) is 40.0. The van der Waals surface area contributed by atoms with Crippen LogP contribution in [0.3, 0.4) is 0 Å². The number of thiazole rings is 1. The predicted molar refractivity (Wildman–Crippen MR) is 108 cm³/mol. The number of nitro benzene ring substituents is 1. The number of carbonyl (C=O) groups is 2. The molecule has 0 spiro atoms. The van der Waals surface area contributed by atoms with E-state index in [2.05, 4.69) is 10.3 Å². The first-order valence-electron chi connectivity index (χ1n) is 8.14. The summed E-state index contributed by atoms with van der Waals surface area (Å²) in [6.07, 6.45) is 0. The molecule has 3 aromatic rings. The van der Waals surface area contributed by atoms with Gasteiger partial charge in [-0.25, -0.2) is 4.98 Å². The number of nitrogens with zero attached hydrogens (tertiary/aromatic N) is 2. The summed E-state index contributed by atoms with van der Waals surface area (Å²) in [6, 6.07) is 12.0. The number of benzene rings is 2. The van der Waals surface area contributed by atoms with Crippen molar-refractivity contribution in [2.45, 2.75) is 23.6 Å². The molecule has 0 saturated heterocycles. The number of Topliss-reactive ketones (excluding diaryl/α,β-unsaturated/α-hetero) is 1. The van der Waals surface area contributed by atoms with E-state index in [-0.39, 0.29) is 27.9 Å². The lowest BCUT2D eigenvalue weighted by Gasteiger charge is -2.06. The smallest absolute Gasteiger partial charge is 0.284 e. The summed E-state index contributed by atoms with van der Waals surface area (Å²) in [5, 5.41) is 15.9. The first-order valence-corrected chi connectivity index (χ1v) is 9.84. The van der Waals surface area contributed by atoms with Crippen molar-refractivity contribution in [1.29, 1.82) is 0 Å². The Hall–Kier alpha value is -3.04. The van der Waals surface area contributed by atoms with Gasteiger partial charge in [0.2, 0.25) is 0 Å². The fraction of sp³-hybridized carbons (Fsp3) is 0.105. The van der Waals surface area contributed by atoms with E-state index in [0.29, 0.717) is 4.90 Å². The van der Waals surface area contributed by atoms with Gasteiger partial charge in [0.05, 0.1) is 9.82 Å². The number of rotatable bonds is 6. The number of amides is 1. The number of nitro groups is 1. The van der Waals surface area contributed by atoms with E-state index >= 15 is 0 Å². The molecule has 0 aliphatic rings. The van der Waals surface area contributed by atoms with Crippen molar-refractivity contribution in [1.82, 2.24) is 4.98 Å². The normalized spacial score (nSPS) is 10.5. The van der Waals surface area contributed by atoms with Crippen molar-refractivity contribution in [2.75, 3.05) is 5.32 Å². The Morgan fingerprint density at radius 2 is 1.89 bits per heavy atom. The van der Waals surface area contributed by atoms with Crippen molar-refractivity contribution < 1.29 is 14.5 Å². The Bertz CT molecular complexity index is 1060. The van der Waals surface area contributed by atoms with Crippen LogP contribution in [0, 0.1) is 17.0 Å². The quantitative estimate of drug-likeness (QED) is 0.348. The van der Waals surface area contributed by atoms with Crippen LogP contribution in [0.4, 0.5) is 10.8 Å². The number of ketones is 1. The maximum atomic E-state index is 12.4. The molecule has 1 aromatic heterocycles. The number of nitrogens with one attached hydrogen (secondary N) is 1. The van der Waals surface area contributed by atoms with E-state index < -0.39 is 10.8 Å². The fourth-order valence-electron chi connectivity index (χ4n) is 2.28. The number of aromatic nitrogens is 1. The Morgan fingerprint density at radius 3 is 2.50 bits per heavy atom. The van der Waals surface area contributed by atoms with Crippen molar-refractivity contribution in [3.63, 3.8) is 0 Å². The zero-order chi connectivity index (χ0) is 20.3. The second-order valence-electron chi connectivity index (χ2n) is 5.90. The third-order valence-corrected chi connectivity index (χ3v) is 5.58. The zero-order valence-electron chi connectivity index (χ0n) is 15.0. The van der Waals surface area contributed by atoms with Gasteiger partial charge in [-0.3, -0.25) is 25.0 Å². The van der Waals surface area contributed by atoms with Crippen LogP contribution in [0.15, 0.2) is 57.6 Å². The molecule has 1 N–H and O–H groups in total. The molecule has 0 saturated carbocycles. The topological polar surface area (TPSA) is 102 Å². The van der Waals surface area contributed by atoms with Gasteiger partial charge < -0.3 is 0 Å². The largest absolute Gasteiger partial charge is 0.298 e. The summed E-state index contributed by atoms with van der Waals surface area (Å²) >= 11 is 2.38. The van der Waals surface area contributed by atoms with E-state index in [1.54, 1.807) is 11.4 Å². The molecule has 0 aliphatic carbocycles. The van der Waals surface area contributed by atoms with Gasteiger partial charge >= 0.3 is 0 Å². The Labute approximate surface area is 169 Å². The molecular weight excluding hydrogens is 398 g/mol. The molecule has 7 nitrogen and oxygen atoms in total. The number of aryl methyl sites for hydroxylation is 1. The molecule has 1 amide bonds. The predicted octanol–water partition coefficient (Wildman–Crippen LogP) is 4.97. The molecule has 0 fully saturated rings. The minimum atomic E-state index is -0.528. The van der Waals surface area contributed by atoms with E-state index in [1.807, 2.05) is 31.2 Å². The molecule has 1 heterocycles. The maximum Gasteiger partial charge on any atom is 0.284 e. The number of carbonyl (C=O) groups excluding carboxylic acids is 2. The lowest BCUT2D eigenvalue weighted by molar-refractivity contribution is -0.387. The average molecular weight is 413 g/mol. The highest BCUT2D eigenvalue weighted by atomic mass is 32.2. The fourth-order valence-corrected chi connectivity index (χ4v) is 3.93. The molecule has 28 heavy (non-hydrogen) atoms. The SMILES string of the molecule is CC(=O)c1csc(NC(=O)c2ccc(Sc3ccc(C)cc3)c([N+](=O)[O-])c2)n1. The second kappa shape index (κ2) is 8.32. The number of hydrogen-bond acceptors (Lipinski definition) is 7. The highest BCUT2D eigenvalue weighted by Crippen LogP contribution is 2.35. The highest BCUT2D eigenvalue weighted by molar-refractivity contribution is 7.99. The minimum Gasteiger partial charge on any atom is -0.298 e. The van der Waals surface area contributed by atoms with E-state index in [4.69, 9.17) is 0 Å². The van der Waals surface area contributed by atoms with Crippen LogP contribution >= 0.6 is 23.1 Å². The summed E-state index contributed by atoms with van der Waals surface area (Å²) in [5.74, 6) is -0.732. The lowest BCUT2D eigenvalue weighted by Crippen LogP contribution is -2.12. The van der Waals surface area contributed by atoms with Gasteiger partial charge in [-0.2, -0.15) is 0 Å². The lowest BCUT2D eigenvalue weighted by atomic mass is 10.2. The van der Waals surface area contributed by atoms with Crippen LogP contribution in [-0.2, 0) is 0 Å². The van der Waals surface area contributed by atoms with Crippen LogP contribution in [0.1, 0.15) is 33.3 Å². The molecule has 0 radical (unpaired) electrons. The molecular formula is C19H15N3O4S2. The molecule has 142 valence electrons. The molecule has 3 rings (SSSR count). The van der Waals surface area contributed by atoms with Crippen LogP contribution in [-0.4, -0.2) is 21.6 Å². The molecule has 0 unspecified atom stereocenters. The van der Waals surface area contributed by atoms with Crippen molar-refractivity contribution in [2.24, 2.45) is 0 Å². The minimum absolute atomic E-state index is 0.138. The highest BCUT2D eigenvalue weighted by Gasteiger charge is 2.19. The van der Waals surface area contributed by atoms with Crippen molar-refractivity contribution in [3.05, 3.63) is 74.8 Å². The molecule has 9 heteroatoms. The third kappa shape index (κ3) is 4.62. The van der Waals surface area contributed by atoms with Gasteiger partial charge in [0.1, 0.15) is 5.69 Å². The van der Waals surface area contributed by atoms with Gasteiger partial charge in [0.15, 0.2) is 10.9 Å². The van der Waals surface area contributed by atoms with Crippen LogP contribution in [0.2, 0.25) is 0 Å². The van der Waals surface area contributed by atoms with Gasteiger partial charge in [0.25, 0.3) is 11.6 Å². The first kappa shape index (κ1) is 19.7. The Morgan fingerprint density at radius 1 is 1.18 bits per heavy atom. The molecule has 0 atom stereocenters. The Kier molecular flexibility index (Phi) is 5.86. The summed E-state index contributed by atoms with van der Waals surface area (Å²) in [6.45, 7) is 3.35. The summed E-state index contributed by atoms with van der Waals surface area (Å²) in [7, 11) is 0. The van der Waals surface area contributed by atoms with E-state index in [9.17, 15) is 19.7 Å². The molecule has 0 bridgehead atoms. The average Bonchev–Trinajstić information content (AvgIpc) is 3.12. The van der Waals surface area contributed by atoms with E-state index in [1.165, 1.54) is 30.8 Å². The van der Waals surface area contributed by atoms with Gasteiger partial charge in [-0.15, -0.1) is 11.3 Å². The summed E-state index contributed by atoms with van der Waals surface area (Å²) < 4.78 is 0. The zero-order valence-corrected chi connectivity index (χ0v) is 16.6. The number of anilines is 1. The Balaban J connectivity index is 1.82. The van der Waals surface area contributed by atoms with Crippen molar-refractivity contribution >= 4 is 45.6 Å².